The van der Waals surface area contributed by atoms with Crippen molar-refractivity contribution in [2.45, 2.75) is 58.7 Å². The first-order valence-electron chi connectivity index (χ1n) is 8.58. The molecule has 1 saturated heterocycles. The fourth-order valence-corrected chi connectivity index (χ4v) is 2.58. The van der Waals surface area contributed by atoms with Crippen LogP contribution >= 0.6 is 0 Å². The van der Waals surface area contributed by atoms with E-state index in [0.29, 0.717) is 25.9 Å². The molecule has 24 heavy (non-hydrogen) atoms. The lowest BCUT2D eigenvalue weighted by atomic mass is 9.84. The van der Waals surface area contributed by atoms with Gasteiger partial charge in [0.25, 0.3) is 0 Å². The van der Waals surface area contributed by atoms with Gasteiger partial charge in [0.1, 0.15) is 11.4 Å². The molecule has 1 aromatic carbocycles. The summed E-state index contributed by atoms with van der Waals surface area (Å²) in [6.07, 6.45) is 0.682. The Bertz CT molecular complexity index is 511. The Hall–Kier alpha value is -1.75. The molecular formula is C19H31NO4. The fraction of sp³-hybridized carbons (Fsp3) is 0.632. The summed E-state index contributed by atoms with van der Waals surface area (Å²) in [6.45, 7) is 10.5. The smallest absolute Gasteiger partial charge is 0.410 e. The normalized spacial score (nSPS) is 16.7. The SMILES string of the molecule is CC.COc1ccc(C2(O)CCN(C(=O)OC(C)(C)C)CC2)cc1. The summed E-state index contributed by atoms with van der Waals surface area (Å²) >= 11 is 0. The van der Waals surface area contributed by atoms with E-state index in [1.165, 1.54) is 0 Å². The first kappa shape index (κ1) is 20.3. The van der Waals surface area contributed by atoms with Crippen LogP contribution in [0.3, 0.4) is 0 Å². The van der Waals surface area contributed by atoms with Gasteiger partial charge >= 0.3 is 6.09 Å². The summed E-state index contributed by atoms with van der Waals surface area (Å²) in [4.78, 5) is 13.7. The van der Waals surface area contributed by atoms with E-state index in [0.717, 1.165) is 11.3 Å². The second kappa shape index (κ2) is 8.38. The van der Waals surface area contributed by atoms with Crippen LogP contribution in [0.5, 0.6) is 5.75 Å². The number of carbonyl (C=O) groups is 1. The maximum Gasteiger partial charge on any atom is 0.410 e. The molecule has 1 fully saturated rings. The molecular weight excluding hydrogens is 306 g/mol. The maximum absolute atomic E-state index is 12.1. The third kappa shape index (κ3) is 5.41. The predicted octanol–water partition coefficient (Wildman–Crippen LogP) is 3.94. The molecule has 0 spiro atoms. The van der Waals surface area contributed by atoms with Crippen molar-refractivity contribution < 1.29 is 19.4 Å². The standard InChI is InChI=1S/C17H25NO4.C2H6/c1-16(2,3)22-15(19)18-11-9-17(20,10-12-18)13-5-7-14(21-4)8-6-13;1-2/h5-8,20H,9-12H2,1-4H3;1-2H3. The van der Waals surface area contributed by atoms with Crippen molar-refractivity contribution in [1.82, 2.24) is 4.90 Å². The van der Waals surface area contributed by atoms with Gasteiger partial charge in [-0.05, 0) is 51.3 Å². The van der Waals surface area contributed by atoms with E-state index < -0.39 is 11.2 Å². The average Bonchev–Trinajstić information content (AvgIpc) is 2.56. The van der Waals surface area contributed by atoms with Crippen LogP contribution in [0.1, 0.15) is 53.0 Å². The van der Waals surface area contributed by atoms with Crippen LogP contribution in [-0.2, 0) is 10.3 Å². The molecule has 1 aromatic rings. The Morgan fingerprint density at radius 2 is 1.62 bits per heavy atom. The Balaban J connectivity index is 0.00000139. The van der Waals surface area contributed by atoms with E-state index in [-0.39, 0.29) is 6.09 Å². The summed E-state index contributed by atoms with van der Waals surface area (Å²) in [7, 11) is 1.61. The summed E-state index contributed by atoms with van der Waals surface area (Å²) in [5, 5.41) is 10.8. The van der Waals surface area contributed by atoms with Crippen LogP contribution in [-0.4, -0.2) is 41.9 Å². The molecule has 1 heterocycles. The van der Waals surface area contributed by atoms with Gasteiger partial charge in [-0.25, -0.2) is 4.79 Å². The topological polar surface area (TPSA) is 59.0 Å². The van der Waals surface area contributed by atoms with Gasteiger partial charge in [-0.1, -0.05) is 26.0 Å². The van der Waals surface area contributed by atoms with Gasteiger partial charge in [-0.2, -0.15) is 0 Å². The van der Waals surface area contributed by atoms with Gasteiger partial charge in [-0.3, -0.25) is 0 Å². The lowest BCUT2D eigenvalue weighted by Crippen LogP contribution is -2.46. The Kier molecular flexibility index (Phi) is 7.08. The number of hydrogen-bond donors (Lipinski definition) is 1. The van der Waals surface area contributed by atoms with Crippen LogP contribution in [0.15, 0.2) is 24.3 Å². The maximum atomic E-state index is 12.1. The number of ether oxygens (including phenoxy) is 2. The molecule has 1 aliphatic heterocycles. The number of aliphatic hydroxyl groups is 1. The van der Waals surface area contributed by atoms with E-state index in [9.17, 15) is 9.90 Å². The van der Waals surface area contributed by atoms with Crippen LogP contribution < -0.4 is 4.74 Å². The van der Waals surface area contributed by atoms with Crippen molar-refractivity contribution in [2.24, 2.45) is 0 Å². The van der Waals surface area contributed by atoms with E-state index in [4.69, 9.17) is 9.47 Å². The second-order valence-corrected chi connectivity index (χ2v) is 6.73. The fourth-order valence-electron chi connectivity index (χ4n) is 2.58. The van der Waals surface area contributed by atoms with Crippen molar-refractivity contribution in [3.63, 3.8) is 0 Å². The first-order valence-corrected chi connectivity index (χ1v) is 8.58. The number of likely N-dealkylation sites (tertiary alicyclic amines) is 1. The number of carbonyl (C=O) groups excluding carboxylic acids is 1. The average molecular weight is 337 g/mol. The highest BCUT2D eigenvalue weighted by molar-refractivity contribution is 5.68. The number of nitrogens with zero attached hydrogens (tertiary/aromatic N) is 1. The third-order valence-corrected chi connectivity index (χ3v) is 3.87. The number of piperidine rings is 1. The summed E-state index contributed by atoms with van der Waals surface area (Å²) < 4.78 is 10.5. The van der Waals surface area contributed by atoms with Crippen molar-refractivity contribution in [1.29, 1.82) is 0 Å². The quantitative estimate of drug-likeness (QED) is 0.888. The minimum atomic E-state index is -0.898. The van der Waals surface area contributed by atoms with Gasteiger partial charge < -0.3 is 19.5 Å². The number of benzene rings is 1. The third-order valence-electron chi connectivity index (χ3n) is 3.87. The molecule has 0 radical (unpaired) electrons. The molecule has 0 aliphatic carbocycles. The number of methoxy groups -OCH3 is 1. The molecule has 0 bridgehead atoms. The molecule has 1 amide bonds. The molecule has 136 valence electrons. The zero-order valence-corrected chi connectivity index (χ0v) is 15.8. The molecule has 0 atom stereocenters. The molecule has 5 nitrogen and oxygen atoms in total. The minimum absolute atomic E-state index is 0.315. The van der Waals surface area contributed by atoms with Gasteiger partial charge in [0.2, 0.25) is 0 Å². The lowest BCUT2D eigenvalue weighted by molar-refractivity contribution is -0.0356. The molecule has 5 heteroatoms. The Morgan fingerprint density at radius 1 is 1.12 bits per heavy atom. The van der Waals surface area contributed by atoms with Crippen LogP contribution in [0.25, 0.3) is 0 Å². The van der Waals surface area contributed by atoms with E-state index in [2.05, 4.69) is 0 Å². The Morgan fingerprint density at radius 3 is 2.04 bits per heavy atom. The molecule has 0 aromatic heterocycles. The monoisotopic (exact) mass is 337 g/mol. The molecule has 0 unspecified atom stereocenters. The summed E-state index contributed by atoms with van der Waals surface area (Å²) in [6, 6.07) is 7.44. The van der Waals surface area contributed by atoms with Crippen molar-refractivity contribution in [2.75, 3.05) is 20.2 Å². The largest absolute Gasteiger partial charge is 0.497 e. The van der Waals surface area contributed by atoms with Crippen LogP contribution in [0.4, 0.5) is 4.79 Å². The number of hydrogen-bond acceptors (Lipinski definition) is 4. The van der Waals surface area contributed by atoms with Gasteiger partial charge in [-0.15, -0.1) is 0 Å². The minimum Gasteiger partial charge on any atom is -0.497 e. The predicted molar refractivity (Wildman–Crippen MR) is 95.3 cm³/mol. The number of amides is 1. The van der Waals surface area contributed by atoms with Crippen LogP contribution in [0, 0.1) is 0 Å². The van der Waals surface area contributed by atoms with E-state index in [1.54, 1.807) is 12.0 Å². The van der Waals surface area contributed by atoms with Gasteiger partial charge in [0, 0.05) is 13.1 Å². The molecule has 1 aliphatic rings. The highest BCUT2D eigenvalue weighted by Gasteiger charge is 2.36. The van der Waals surface area contributed by atoms with Gasteiger partial charge in [0.15, 0.2) is 0 Å². The number of rotatable bonds is 2. The van der Waals surface area contributed by atoms with Crippen molar-refractivity contribution >= 4 is 6.09 Å². The molecule has 2 rings (SSSR count). The zero-order chi connectivity index (χ0) is 18.4. The second-order valence-electron chi connectivity index (χ2n) is 6.73. The van der Waals surface area contributed by atoms with Gasteiger partial charge in [0.05, 0.1) is 12.7 Å². The van der Waals surface area contributed by atoms with Crippen LogP contribution in [0.2, 0.25) is 0 Å². The van der Waals surface area contributed by atoms with E-state index in [1.807, 2.05) is 58.9 Å². The molecule has 0 saturated carbocycles. The highest BCUT2D eigenvalue weighted by Crippen LogP contribution is 2.34. The molecule has 1 N–H and O–H groups in total. The zero-order valence-electron chi connectivity index (χ0n) is 15.8. The Labute approximate surface area is 145 Å². The van der Waals surface area contributed by atoms with Crippen molar-refractivity contribution in [3.05, 3.63) is 29.8 Å². The van der Waals surface area contributed by atoms with Crippen molar-refractivity contribution in [3.8, 4) is 5.75 Å². The highest BCUT2D eigenvalue weighted by atomic mass is 16.6. The first-order chi connectivity index (χ1) is 11.2. The lowest BCUT2D eigenvalue weighted by Gasteiger charge is -2.39. The summed E-state index contributed by atoms with van der Waals surface area (Å²) in [5.41, 5.74) is -0.539. The summed E-state index contributed by atoms with van der Waals surface area (Å²) in [5.74, 6) is 0.763. The van der Waals surface area contributed by atoms with E-state index >= 15 is 0 Å².